The van der Waals surface area contributed by atoms with E-state index in [1.807, 2.05) is 19.6 Å². The zero-order valence-electron chi connectivity index (χ0n) is 17.3. The number of carbonyl (C=O) groups is 2. The number of hydrogen-bond acceptors (Lipinski definition) is 3. The molecule has 3 rings (SSSR count). The molecule has 0 bridgehead atoms. The summed E-state index contributed by atoms with van der Waals surface area (Å²) in [6, 6.07) is 7.28. The Bertz CT molecular complexity index is 1010. The molecule has 2 aromatic carbocycles. The van der Waals surface area contributed by atoms with Gasteiger partial charge < -0.3 is 15.2 Å². The Morgan fingerprint density at radius 1 is 1.19 bits per heavy atom. The number of anilines is 1. The molecule has 10 heteroatoms. The number of ether oxygens (including phenoxy) is 1. The summed E-state index contributed by atoms with van der Waals surface area (Å²) >= 11 is 0. The van der Waals surface area contributed by atoms with Gasteiger partial charge in [-0.15, -0.1) is 0 Å². The lowest BCUT2D eigenvalue weighted by Crippen LogP contribution is -2.45. The summed E-state index contributed by atoms with van der Waals surface area (Å²) in [5.41, 5.74) is 1.11. The number of carbonyl (C=O) groups excluding carboxylic acids is 1. The van der Waals surface area contributed by atoms with Gasteiger partial charge in [0.25, 0.3) is 5.91 Å². The summed E-state index contributed by atoms with van der Waals surface area (Å²) in [6.45, 7) is 3.00. The van der Waals surface area contributed by atoms with Crippen LogP contribution in [0.25, 0.3) is 0 Å². The minimum atomic E-state index is -3.00. The van der Waals surface area contributed by atoms with Gasteiger partial charge in [-0.2, -0.15) is 8.78 Å². The molecule has 1 unspecified atom stereocenters. The lowest BCUT2D eigenvalue weighted by molar-refractivity contribution is -0.121. The fourth-order valence-corrected chi connectivity index (χ4v) is 5.05. The van der Waals surface area contributed by atoms with Gasteiger partial charge in [0.05, 0.1) is 8.07 Å². The first-order valence-corrected chi connectivity index (χ1v) is 13.2. The number of amides is 2. The van der Waals surface area contributed by atoms with E-state index in [1.54, 1.807) is 12.1 Å². The second-order valence-electron chi connectivity index (χ2n) is 8.30. The predicted octanol–water partition coefficient (Wildman–Crippen LogP) is 4.19. The smallest absolute Gasteiger partial charge is 0.408 e. The van der Waals surface area contributed by atoms with E-state index in [4.69, 9.17) is 0 Å². The van der Waals surface area contributed by atoms with Crippen LogP contribution < -0.4 is 15.2 Å². The van der Waals surface area contributed by atoms with Crippen LogP contribution in [0.5, 0.6) is 5.75 Å². The van der Waals surface area contributed by atoms with Crippen LogP contribution in [0.15, 0.2) is 36.4 Å². The van der Waals surface area contributed by atoms with Crippen molar-refractivity contribution in [1.29, 1.82) is 0 Å². The van der Waals surface area contributed by atoms with Crippen LogP contribution in [0.2, 0.25) is 19.6 Å². The van der Waals surface area contributed by atoms with E-state index in [0.717, 1.165) is 4.90 Å². The van der Waals surface area contributed by atoms with Gasteiger partial charge in [-0.3, -0.25) is 9.69 Å². The van der Waals surface area contributed by atoms with Gasteiger partial charge in [-0.05, 0) is 47.0 Å². The van der Waals surface area contributed by atoms with Gasteiger partial charge in [-0.1, -0.05) is 31.8 Å². The van der Waals surface area contributed by atoms with E-state index >= 15 is 0 Å². The molecular weight excluding hydrogens is 429 g/mol. The molecule has 6 nitrogen and oxygen atoms in total. The average Bonchev–Trinajstić information content (AvgIpc) is 2.65. The maximum Gasteiger partial charge on any atom is 0.408 e. The number of benzene rings is 2. The largest absolute Gasteiger partial charge is 0.465 e. The minimum Gasteiger partial charge on any atom is -0.465 e. The summed E-state index contributed by atoms with van der Waals surface area (Å²) < 4.78 is 43.9. The molecule has 2 aromatic rings. The molecule has 0 saturated carbocycles. The fraction of sp³-hybridized carbons (Fsp3) is 0.333. The molecule has 0 spiro atoms. The molecule has 0 aliphatic carbocycles. The quantitative estimate of drug-likeness (QED) is 0.667. The van der Waals surface area contributed by atoms with Gasteiger partial charge in [0, 0.05) is 12.2 Å². The molecule has 2 amide bonds. The summed E-state index contributed by atoms with van der Waals surface area (Å²) in [6.07, 6.45) is -1.05. The van der Waals surface area contributed by atoms with Crippen LogP contribution in [-0.4, -0.2) is 43.2 Å². The Labute approximate surface area is 178 Å². The van der Waals surface area contributed by atoms with E-state index in [0.29, 0.717) is 16.3 Å². The average molecular weight is 453 g/mol. The standard InChI is InChI=1S/C21H23F3N2O4Si/c1-31(2,3)17-7-4-13(11-16(17)22)25-19(27)18-15-6-5-14(30-20(23)24)10-12(15)8-9-26(18)21(28)29/h4-7,10-11,18,20H,8-9H2,1-3H3,(H,25,27)(H,28,29). The lowest BCUT2D eigenvalue weighted by Gasteiger charge is -2.34. The Morgan fingerprint density at radius 2 is 1.90 bits per heavy atom. The molecule has 31 heavy (non-hydrogen) atoms. The summed E-state index contributed by atoms with van der Waals surface area (Å²) in [5, 5.41) is 12.8. The van der Waals surface area contributed by atoms with Crippen molar-refractivity contribution >= 4 is 30.9 Å². The van der Waals surface area contributed by atoms with E-state index in [2.05, 4.69) is 10.1 Å². The minimum absolute atomic E-state index is 0.00146. The third kappa shape index (κ3) is 5.01. The number of nitrogens with zero attached hydrogens (tertiary/aromatic N) is 1. The summed E-state index contributed by atoms with van der Waals surface area (Å²) in [4.78, 5) is 25.7. The zero-order valence-corrected chi connectivity index (χ0v) is 18.3. The molecule has 2 N–H and O–H groups in total. The number of carboxylic acid groups (broad SMARTS) is 1. The second kappa shape index (κ2) is 8.62. The van der Waals surface area contributed by atoms with E-state index in [9.17, 15) is 27.9 Å². The lowest BCUT2D eigenvalue weighted by atomic mass is 9.92. The van der Waals surface area contributed by atoms with Crippen molar-refractivity contribution < 1.29 is 32.6 Å². The molecule has 1 aliphatic rings. The summed E-state index contributed by atoms with van der Waals surface area (Å²) in [7, 11) is -1.90. The molecule has 0 saturated heterocycles. The van der Waals surface area contributed by atoms with Crippen LogP contribution >= 0.6 is 0 Å². The number of rotatable bonds is 5. The molecule has 0 radical (unpaired) electrons. The number of hydrogen-bond donors (Lipinski definition) is 2. The molecule has 1 heterocycles. The van der Waals surface area contributed by atoms with Gasteiger partial charge in [0.1, 0.15) is 17.6 Å². The third-order valence-corrected chi connectivity index (χ3v) is 7.13. The highest BCUT2D eigenvalue weighted by molar-refractivity contribution is 6.88. The molecule has 1 aliphatic heterocycles. The highest BCUT2D eigenvalue weighted by Gasteiger charge is 2.36. The van der Waals surface area contributed by atoms with Crippen LogP contribution in [-0.2, 0) is 11.2 Å². The van der Waals surface area contributed by atoms with Crippen molar-refractivity contribution in [2.45, 2.75) is 38.7 Å². The first-order valence-electron chi connectivity index (χ1n) is 9.65. The van der Waals surface area contributed by atoms with Gasteiger partial charge >= 0.3 is 12.7 Å². The molecule has 1 atom stereocenters. The van der Waals surface area contributed by atoms with E-state index < -0.39 is 38.5 Å². The first kappa shape index (κ1) is 22.7. The topological polar surface area (TPSA) is 78.9 Å². The molecule has 0 aromatic heterocycles. The monoisotopic (exact) mass is 452 g/mol. The van der Waals surface area contributed by atoms with E-state index in [-0.39, 0.29) is 24.4 Å². The number of nitrogens with one attached hydrogen (secondary N) is 1. The van der Waals surface area contributed by atoms with Crippen LogP contribution in [0, 0.1) is 5.82 Å². The van der Waals surface area contributed by atoms with Crippen molar-refractivity contribution in [1.82, 2.24) is 4.90 Å². The van der Waals surface area contributed by atoms with Crippen LogP contribution in [0.4, 0.5) is 23.7 Å². The highest BCUT2D eigenvalue weighted by Crippen LogP contribution is 2.33. The first-order chi connectivity index (χ1) is 14.5. The van der Waals surface area contributed by atoms with Crippen molar-refractivity contribution in [2.24, 2.45) is 0 Å². The van der Waals surface area contributed by atoms with Gasteiger partial charge in [0.15, 0.2) is 0 Å². The van der Waals surface area contributed by atoms with E-state index in [1.165, 1.54) is 24.3 Å². The Morgan fingerprint density at radius 3 is 2.48 bits per heavy atom. The van der Waals surface area contributed by atoms with Crippen molar-refractivity contribution in [2.75, 3.05) is 11.9 Å². The Balaban J connectivity index is 1.91. The zero-order chi connectivity index (χ0) is 22.9. The summed E-state index contributed by atoms with van der Waals surface area (Å²) in [5.74, 6) is -1.16. The number of fused-ring (bicyclic) bond motifs is 1. The van der Waals surface area contributed by atoms with Crippen LogP contribution in [0.1, 0.15) is 17.2 Å². The highest BCUT2D eigenvalue weighted by atomic mass is 28.3. The maximum absolute atomic E-state index is 14.5. The fourth-order valence-electron chi connectivity index (χ4n) is 3.68. The molecule has 166 valence electrons. The van der Waals surface area contributed by atoms with Crippen molar-refractivity contribution in [3.8, 4) is 5.75 Å². The predicted molar refractivity (Wildman–Crippen MR) is 112 cm³/mol. The molecular formula is C21H23F3N2O4Si. The maximum atomic E-state index is 14.5. The Hall–Kier alpha value is -3.01. The third-order valence-electron chi connectivity index (χ3n) is 5.11. The van der Waals surface area contributed by atoms with Crippen LogP contribution in [0.3, 0.4) is 0 Å². The number of halogens is 3. The second-order valence-corrected chi connectivity index (χ2v) is 13.3. The normalized spacial score (nSPS) is 16.1. The Kier molecular flexibility index (Phi) is 6.30. The molecule has 0 fully saturated rings. The van der Waals surface area contributed by atoms with Gasteiger partial charge in [0.2, 0.25) is 0 Å². The SMILES string of the molecule is C[Si](C)(C)c1ccc(NC(=O)C2c3ccc(OC(F)F)cc3CCN2C(=O)O)cc1F. The van der Waals surface area contributed by atoms with Crippen molar-refractivity contribution in [3.63, 3.8) is 0 Å². The van der Waals surface area contributed by atoms with Gasteiger partial charge in [-0.25, -0.2) is 9.18 Å². The van der Waals surface area contributed by atoms with Crippen molar-refractivity contribution in [3.05, 3.63) is 53.3 Å². The number of alkyl halides is 2.